The van der Waals surface area contributed by atoms with Crippen LogP contribution in [0.15, 0.2) is 60.7 Å². The Balaban J connectivity index is 1.93. The number of nitrogens with zero attached hydrogens (tertiary/aromatic N) is 3. The van der Waals surface area contributed by atoms with Gasteiger partial charge in [-0.1, -0.05) is 0 Å². The van der Waals surface area contributed by atoms with Crippen LogP contribution < -0.4 is 15.5 Å². The lowest BCUT2D eigenvalue weighted by atomic mass is 9.93. The molecule has 6 heteroatoms. The first-order chi connectivity index (χ1) is 14.3. The first-order valence-corrected chi connectivity index (χ1v) is 9.61. The Morgan fingerprint density at radius 2 is 1.67 bits per heavy atom. The Kier molecular flexibility index (Phi) is 4.67. The number of fused-ring (bicyclic) bond motifs is 1. The molecule has 3 aromatic rings. The van der Waals surface area contributed by atoms with Crippen LogP contribution in [0, 0.1) is 22.6 Å². The molecular weight excluding hydrogens is 377 g/mol. The smallest absolute Gasteiger partial charge is 0.123 e. The fraction of sp³-hybridized carbons (Fsp3) is 0.167. The molecule has 0 fully saturated rings. The van der Waals surface area contributed by atoms with Crippen molar-refractivity contribution in [2.45, 2.75) is 19.4 Å². The third-order valence-corrected chi connectivity index (χ3v) is 5.41. The van der Waals surface area contributed by atoms with E-state index < -0.39 is 0 Å². The molecule has 0 radical (unpaired) electrons. The van der Waals surface area contributed by atoms with Crippen LogP contribution in [-0.4, -0.2) is 18.3 Å². The van der Waals surface area contributed by atoms with Gasteiger partial charge >= 0.3 is 0 Å². The molecule has 0 amide bonds. The largest absolute Gasteiger partial charge is 0.398 e. The fourth-order valence-electron chi connectivity index (χ4n) is 4.02. The zero-order valence-corrected chi connectivity index (χ0v) is 16.9. The average Bonchev–Trinajstić information content (AvgIpc) is 2.74. The van der Waals surface area contributed by atoms with Gasteiger partial charge in [0.15, 0.2) is 0 Å². The molecule has 0 saturated carbocycles. The lowest BCUT2D eigenvalue weighted by molar-refractivity contribution is 0.498. The van der Waals surface area contributed by atoms with Gasteiger partial charge in [-0.15, -0.1) is 0 Å². The number of hydrogen-bond donors (Lipinski definition) is 2. The Labute approximate surface area is 175 Å². The van der Waals surface area contributed by atoms with Gasteiger partial charge in [0, 0.05) is 35.4 Å². The first-order valence-electron chi connectivity index (χ1n) is 9.61. The molecule has 4 rings (SSSR count). The third-order valence-electron chi connectivity index (χ3n) is 5.41. The van der Waals surface area contributed by atoms with E-state index >= 15 is 0 Å². The molecule has 1 aliphatic heterocycles. The fourth-order valence-corrected chi connectivity index (χ4v) is 4.02. The molecule has 0 unspecified atom stereocenters. The highest BCUT2D eigenvalue weighted by Crippen LogP contribution is 2.48. The predicted molar refractivity (Wildman–Crippen MR) is 120 cm³/mol. The minimum absolute atomic E-state index is 0.287. The van der Waals surface area contributed by atoms with Crippen LogP contribution in [0.5, 0.6) is 0 Å². The molecule has 0 aromatic heterocycles. The molecule has 3 N–H and O–H groups in total. The van der Waals surface area contributed by atoms with Crippen molar-refractivity contribution < 1.29 is 4.39 Å². The number of benzene rings is 3. The Morgan fingerprint density at radius 1 is 1.03 bits per heavy atom. The molecule has 0 spiro atoms. The topological polar surface area (TPSA) is 80.1 Å². The van der Waals surface area contributed by atoms with Crippen molar-refractivity contribution in [3.05, 3.63) is 77.6 Å². The minimum Gasteiger partial charge on any atom is -0.398 e. The predicted octanol–water partition coefficient (Wildman–Crippen LogP) is 5.35. The Bertz CT molecular complexity index is 1140. The average molecular weight is 399 g/mol. The van der Waals surface area contributed by atoms with E-state index in [0.717, 1.165) is 22.7 Å². The number of anilines is 5. The highest BCUT2D eigenvalue weighted by atomic mass is 19.1. The van der Waals surface area contributed by atoms with Gasteiger partial charge in [0.1, 0.15) is 5.82 Å². The van der Waals surface area contributed by atoms with E-state index in [0.29, 0.717) is 23.4 Å². The number of nitrogen functional groups attached to an aromatic ring is 1. The van der Waals surface area contributed by atoms with E-state index in [-0.39, 0.29) is 11.4 Å². The summed E-state index contributed by atoms with van der Waals surface area (Å²) in [7, 11) is 0. The first kappa shape index (κ1) is 19.5. The molecule has 0 atom stereocenters. The zero-order chi connectivity index (χ0) is 21.5. The zero-order valence-electron chi connectivity index (χ0n) is 16.9. The van der Waals surface area contributed by atoms with Gasteiger partial charge < -0.3 is 20.9 Å². The third kappa shape index (κ3) is 3.25. The van der Waals surface area contributed by atoms with Gasteiger partial charge in [0.25, 0.3) is 0 Å². The normalized spacial score (nSPS) is 14.7. The van der Waals surface area contributed by atoms with Crippen molar-refractivity contribution in [1.29, 1.82) is 10.7 Å². The van der Waals surface area contributed by atoms with Gasteiger partial charge in [-0.2, -0.15) is 5.26 Å². The molecular formula is C24H22FN5. The van der Waals surface area contributed by atoms with Crippen LogP contribution in [-0.2, 0) is 0 Å². The van der Waals surface area contributed by atoms with Crippen molar-refractivity contribution >= 4 is 34.7 Å². The van der Waals surface area contributed by atoms with Crippen LogP contribution >= 0.6 is 0 Å². The van der Waals surface area contributed by atoms with Crippen molar-refractivity contribution in [1.82, 2.24) is 0 Å². The summed E-state index contributed by atoms with van der Waals surface area (Å²) in [5.41, 5.74) is 11.2. The maximum absolute atomic E-state index is 13.6. The monoisotopic (exact) mass is 399 g/mol. The summed E-state index contributed by atoms with van der Waals surface area (Å²) in [6, 6.07) is 19.8. The molecule has 3 aromatic carbocycles. The summed E-state index contributed by atoms with van der Waals surface area (Å²) >= 11 is 0. The summed E-state index contributed by atoms with van der Waals surface area (Å²) in [6.07, 6.45) is 1.24. The maximum Gasteiger partial charge on any atom is 0.123 e. The number of halogens is 1. The number of rotatable bonds is 3. The molecule has 5 nitrogen and oxygen atoms in total. The molecule has 0 bridgehead atoms. The lowest BCUT2D eigenvalue weighted by Crippen LogP contribution is -2.52. The molecule has 1 aliphatic rings. The Hall–Kier alpha value is -3.85. The van der Waals surface area contributed by atoms with E-state index in [1.165, 1.54) is 18.3 Å². The second-order valence-electron chi connectivity index (χ2n) is 7.98. The summed E-state index contributed by atoms with van der Waals surface area (Å²) in [4.78, 5) is 4.33. The van der Waals surface area contributed by atoms with Crippen LogP contribution in [0.1, 0.15) is 25.0 Å². The van der Waals surface area contributed by atoms with Crippen molar-refractivity contribution in [2.75, 3.05) is 22.1 Å². The Morgan fingerprint density at radius 3 is 2.27 bits per heavy atom. The standard InChI is InChI=1S/C24H22FN5/c1-24(2)15-29(19-7-3-16(13-26)4-8-19)22-12-21(28)17(14-27)11-23(22)30(24)20-9-5-18(25)6-10-20/h3-12,14,27H,15,28H2,1-2H3. The summed E-state index contributed by atoms with van der Waals surface area (Å²) in [5, 5.41) is 16.9. The second kappa shape index (κ2) is 7.20. The number of nitrogens with one attached hydrogen (secondary N) is 1. The van der Waals surface area contributed by atoms with Gasteiger partial charge in [0.2, 0.25) is 0 Å². The molecule has 0 aliphatic carbocycles. The molecule has 150 valence electrons. The molecule has 0 saturated heterocycles. The van der Waals surface area contributed by atoms with E-state index in [9.17, 15) is 4.39 Å². The SMILES string of the molecule is CC1(C)CN(c2ccc(C#N)cc2)c2cc(N)c(C=N)cc2N1c1ccc(F)cc1. The number of hydrogen-bond acceptors (Lipinski definition) is 5. The summed E-state index contributed by atoms with van der Waals surface area (Å²) in [5.74, 6) is -0.287. The van der Waals surface area contributed by atoms with E-state index in [1.807, 2.05) is 24.3 Å². The molecule has 30 heavy (non-hydrogen) atoms. The highest BCUT2D eigenvalue weighted by Gasteiger charge is 2.38. The van der Waals surface area contributed by atoms with Crippen LogP contribution in [0.4, 0.5) is 32.8 Å². The van der Waals surface area contributed by atoms with Gasteiger partial charge in [-0.3, -0.25) is 0 Å². The van der Waals surface area contributed by atoms with Gasteiger partial charge in [-0.25, -0.2) is 4.39 Å². The van der Waals surface area contributed by atoms with Crippen LogP contribution in [0.2, 0.25) is 0 Å². The second-order valence-corrected chi connectivity index (χ2v) is 7.98. The van der Waals surface area contributed by atoms with E-state index in [4.69, 9.17) is 16.4 Å². The summed E-state index contributed by atoms with van der Waals surface area (Å²) in [6.45, 7) is 4.89. The van der Waals surface area contributed by atoms with Gasteiger partial charge in [-0.05, 0) is 74.5 Å². The van der Waals surface area contributed by atoms with E-state index in [2.05, 4.69) is 29.7 Å². The van der Waals surface area contributed by atoms with E-state index in [1.54, 1.807) is 24.3 Å². The van der Waals surface area contributed by atoms with Crippen molar-refractivity contribution in [3.8, 4) is 6.07 Å². The van der Waals surface area contributed by atoms with Crippen LogP contribution in [0.25, 0.3) is 0 Å². The highest BCUT2D eigenvalue weighted by molar-refractivity contribution is 5.95. The van der Waals surface area contributed by atoms with Crippen molar-refractivity contribution in [2.24, 2.45) is 0 Å². The maximum atomic E-state index is 13.6. The quantitative estimate of drug-likeness (QED) is 0.460. The molecule has 1 heterocycles. The minimum atomic E-state index is -0.353. The number of nitriles is 1. The number of nitrogens with two attached hydrogens (primary N) is 1. The lowest BCUT2D eigenvalue weighted by Gasteiger charge is -2.50. The van der Waals surface area contributed by atoms with Crippen LogP contribution in [0.3, 0.4) is 0 Å². The van der Waals surface area contributed by atoms with Gasteiger partial charge in [0.05, 0.1) is 28.5 Å². The summed E-state index contributed by atoms with van der Waals surface area (Å²) < 4.78 is 13.6. The van der Waals surface area contributed by atoms with Crippen molar-refractivity contribution in [3.63, 3.8) is 0 Å².